The fourth-order valence-electron chi connectivity index (χ4n) is 1.62. The Morgan fingerprint density at radius 3 is 2.39 bits per heavy atom. The summed E-state index contributed by atoms with van der Waals surface area (Å²) in [6.07, 6.45) is 1.30. The molecule has 5 heteroatoms. The van der Waals surface area contributed by atoms with Gasteiger partial charge < -0.3 is 10.1 Å². The van der Waals surface area contributed by atoms with Crippen LogP contribution in [0, 0.1) is 11.6 Å². The van der Waals surface area contributed by atoms with Crippen LogP contribution in [0.1, 0.15) is 26.7 Å². The second-order valence-electron chi connectivity index (χ2n) is 3.90. The van der Waals surface area contributed by atoms with E-state index >= 15 is 0 Å². The minimum absolute atomic E-state index is 0.235. The van der Waals surface area contributed by atoms with Crippen LogP contribution in [-0.2, 0) is 9.53 Å². The van der Waals surface area contributed by atoms with Crippen LogP contribution in [0.3, 0.4) is 0 Å². The number of halogens is 2. The van der Waals surface area contributed by atoms with E-state index < -0.39 is 23.6 Å². The highest BCUT2D eigenvalue weighted by Gasteiger charge is 2.18. The van der Waals surface area contributed by atoms with Crippen LogP contribution in [0.5, 0.6) is 0 Å². The number of nitrogens with one attached hydrogen (secondary N) is 1. The van der Waals surface area contributed by atoms with E-state index in [0.717, 1.165) is 24.6 Å². The molecular weight excluding hydrogens is 240 g/mol. The first kappa shape index (κ1) is 14.4. The third-order valence-corrected chi connectivity index (χ3v) is 2.35. The molecule has 0 aliphatic rings. The lowest BCUT2D eigenvalue weighted by Gasteiger charge is -2.17. The first-order chi connectivity index (χ1) is 8.56. The summed E-state index contributed by atoms with van der Waals surface area (Å²) in [6.45, 7) is 3.90. The van der Waals surface area contributed by atoms with Gasteiger partial charge in [-0.15, -0.1) is 0 Å². The molecule has 0 aromatic heterocycles. The molecule has 1 aromatic rings. The lowest BCUT2D eigenvalue weighted by Crippen LogP contribution is -2.31. The number of carbonyl (C=O) groups is 1. The van der Waals surface area contributed by atoms with Crippen LogP contribution in [0.15, 0.2) is 18.2 Å². The van der Waals surface area contributed by atoms with Gasteiger partial charge in [0.05, 0.1) is 6.61 Å². The molecule has 0 saturated heterocycles. The van der Waals surface area contributed by atoms with Crippen LogP contribution in [0.25, 0.3) is 0 Å². The van der Waals surface area contributed by atoms with E-state index in [9.17, 15) is 13.6 Å². The monoisotopic (exact) mass is 257 g/mol. The molecule has 1 atom stereocenters. The van der Waals surface area contributed by atoms with Gasteiger partial charge in [0.1, 0.15) is 17.7 Å². The van der Waals surface area contributed by atoms with E-state index in [1.54, 1.807) is 6.92 Å². The summed E-state index contributed by atoms with van der Waals surface area (Å²) in [7, 11) is 0. The van der Waals surface area contributed by atoms with Crippen molar-refractivity contribution in [3.63, 3.8) is 0 Å². The normalized spacial score (nSPS) is 12.0. The topological polar surface area (TPSA) is 38.3 Å². The smallest absolute Gasteiger partial charge is 0.328 e. The standard InChI is InChI=1S/C13H17F2NO2/c1-3-5-12(13(17)18-4-2)16-11-7-9(14)6-10(15)8-11/h6-8,12,16H,3-5H2,1-2H3. The van der Waals surface area contributed by atoms with E-state index in [-0.39, 0.29) is 12.3 Å². The number of rotatable bonds is 6. The SMILES string of the molecule is CCCC(Nc1cc(F)cc(F)c1)C(=O)OCC. The molecule has 0 bridgehead atoms. The molecule has 100 valence electrons. The number of hydrogen-bond acceptors (Lipinski definition) is 3. The Morgan fingerprint density at radius 1 is 1.28 bits per heavy atom. The maximum absolute atomic E-state index is 13.0. The minimum Gasteiger partial charge on any atom is -0.464 e. The minimum atomic E-state index is -0.684. The lowest BCUT2D eigenvalue weighted by atomic mass is 10.1. The predicted molar refractivity (Wildman–Crippen MR) is 65.3 cm³/mol. The molecule has 0 spiro atoms. The zero-order chi connectivity index (χ0) is 13.5. The Balaban J connectivity index is 2.78. The Bertz CT molecular complexity index is 390. The quantitative estimate of drug-likeness (QED) is 0.796. The molecule has 1 N–H and O–H groups in total. The van der Waals surface area contributed by atoms with Crippen molar-refractivity contribution in [1.82, 2.24) is 0 Å². The number of anilines is 1. The molecule has 0 fully saturated rings. The van der Waals surface area contributed by atoms with Gasteiger partial charge in [0.2, 0.25) is 0 Å². The van der Waals surface area contributed by atoms with E-state index in [0.29, 0.717) is 6.42 Å². The summed E-state index contributed by atoms with van der Waals surface area (Å²) in [5.41, 5.74) is 0.235. The molecule has 1 unspecified atom stereocenters. The van der Waals surface area contributed by atoms with Gasteiger partial charge in [-0.3, -0.25) is 0 Å². The number of carbonyl (C=O) groups excluding carboxylic acids is 1. The third kappa shape index (κ3) is 4.31. The van der Waals surface area contributed by atoms with Crippen molar-refractivity contribution in [2.24, 2.45) is 0 Å². The summed E-state index contributed by atoms with van der Waals surface area (Å²) < 4.78 is 30.9. The third-order valence-electron chi connectivity index (χ3n) is 2.35. The maximum atomic E-state index is 13.0. The Kier molecular flexibility index (Phi) is 5.55. The van der Waals surface area contributed by atoms with Crippen LogP contribution in [-0.4, -0.2) is 18.6 Å². The van der Waals surface area contributed by atoms with Crippen LogP contribution in [0.4, 0.5) is 14.5 Å². The highest BCUT2D eigenvalue weighted by molar-refractivity contribution is 5.79. The number of benzene rings is 1. The van der Waals surface area contributed by atoms with Gasteiger partial charge in [0, 0.05) is 11.8 Å². The highest BCUT2D eigenvalue weighted by Crippen LogP contribution is 2.16. The molecule has 0 heterocycles. The second-order valence-corrected chi connectivity index (χ2v) is 3.90. The fourth-order valence-corrected chi connectivity index (χ4v) is 1.62. The van der Waals surface area contributed by atoms with Crippen molar-refractivity contribution in [1.29, 1.82) is 0 Å². The first-order valence-corrected chi connectivity index (χ1v) is 5.96. The molecule has 1 aromatic carbocycles. The molecule has 3 nitrogen and oxygen atoms in total. The maximum Gasteiger partial charge on any atom is 0.328 e. The Morgan fingerprint density at radius 2 is 1.89 bits per heavy atom. The Labute approximate surface area is 105 Å². The molecule has 0 aliphatic heterocycles. The summed E-state index contributed by atoms with van der Waals surface area (Å²) in [5.74, 6) is -1.78. The first-order valence-electron chi connectivity index (χ1n) is 5.96. The predicted octanol–water partition coefficient (Wildman–Crippen LogP) is 3.11. The molecule has 0 amide bonds. The molecule has 0 aliphatic carbocycles. The average molecular weight is 257 g/mol. The fraction of sp³-hybridized carbons (Fsp3) is 0.462. The summed E-state index contributed by atoms with van der Waals surface area (Å²) in [6, 6.07) is 2.48. The van der Waals surface area contributed by atoms with Crippen molar-refractivity contribution >= 4 is 11.7 Å². The van der Waals surface area contributed by atoms with Crippen LogP contribution < -0.4 is 5.32 Å². The van der Waals surface area contributed by atoms with Gasteiger partial charge in [0.25, 0.3) is 0 Å². The van der Waals surface area contributed by atoms with E-state index in [1.165, 1.54) is 0 Å². The van der Waals surface area contributed by atoms with Crippen molar-refractivity contribution in [2.45, 2.75) is 32.7 Å². The van der Waals surface area contributed by atoms with Crippen molar-refractivity contribution in [3.05, 3.63) is 29.8 Å². The number of ether oxygens (including phenoxy) is 1. The Hall–Kier alpha value is -1.65. The van der Waals surface area contributed by atoms with Crippen LogP contribution >= 0.6 is 0 Å². The van der Waals surface area contributed by atoms with Gasteiger partial charge >= 0.3 is 5.97 Å². The van der Waals surface area contributed by atoms with Crippen molar-refractivity contribution in [2.75, 3.05) is 11.9 Å². The van der Waals surface area contributed by atoms with Gasteiger partial charge in [-0.25, -0.2) is 13.6 Å². The summed E-state index contributed by atoms with van der Waals surface area (Å²) >= 11 is 0. The van der Waals surface area contributed by atoms with Gasteiger partial charge in [0.15, 0.2) is 0 Å². The lowest BCUT2D eigenvalue weighted by molar-refractivity contribution is -0.144. The van der Waals surface area contributed by atoms with Gasteiger partial charge in [-0.1, -0.05) is 13.3 Å². The summed E-state index contributed by atoms with van der Waals surface area (Å²) in [4.78, 5) is 11.6. The number of hydrogen-bond donors (Lipinski definition) is 1. The second kappa shape index (κ2) is 6.93. The molecular formula is C13H17F2NO2. The molecule has 0 saturated carbocycles. The largest absolute Gasteiger partial charge is 0.464 e. The number of esters is 1. The van der Waals surface area contributed by atoms with E-state index in [2.05, 4.69) is 5.32 Å². The zero-order valence-corrected chi connectivity index (χ0v) is 10.5. The van der Waals surface area contributed by atoms with Crippen molar-refractivity contribution in [3.8, 4) is 0 Å². The summed E-state index contributed by atoms with van der Waals surface area (Å²) in [5, 5.41) is 2.79. The molecule has 1 rings (SSSR count). The molecule has 18 heavy (non-hydrogen) atoms. The van der Waals surface area contributed by atoms with Crippen molar-refractivity contribution < 1.29 is 18.3 Å². The van der Waals surface area contributed by atoms with Crippen LogP contribution in [0.2, 0.25) is 0 Å². The molecule has 0 radical (unpaired) electrons. The van der Waals surface area contributed by atoms with E-state index in [4.69, 9.17) is 4.74 Å². The van der Waals surface area contributed by atoms with Gasteiger partial charge in [-0.05, 0) is 25.5 Å². The average Bonchev–Trinajstić information content (AvgIpc) is 2.27. The zero-order valence-electron chi connectivity index (χ0n) is 10.5. The van der Waals surface area contributed by atoms with E-state index in [1.807, 2.05) is 6.92 Å². The highest BCUT2D eigenvalue weighted by atomic mass is 19.1. The van der Waals surface area contributed by atoms with Gasteiger partial charge in [-0.2, -0.15) is 0 Å².